The van der Waals surface area contributed by atoms with Gasteiger partial charge in [0.2, 0.25) is 5.91 Å². The summed E-state index contributed by atoms with van der Waals surface area (Å²) < 4.78 is 6.97. The fourth-order valence-corrected chi connectivity index (χ4v) is 2.30. The number of hydrogen-bond acceptors (Lipinski definition) is 6. The van der Waals surface area contributed by atoms with Crippen molar-refractivity contribution in [2.24, 2.45) is 0 Å². The van der Waals surface area contributed by atoms with Crippen molar-refractivity contribution in [2.45, 2.75) is 39.0 Å². The first-order chi connectivity index (χ1) is 9.65. The third kappa shape index (κ3) is 6.33. The molecular formula is C12H23N5O2S. The molecule has 0 radical (unpaired) electrons. The molecule has 7 nitrogen and oxygen atoms in total. The summed E-state index contributed by atoms with van der Waals surface area (Å²) in [5.74, 6) is 1.89. The van der Waals surface area contributed by atoms with Gasteiger partial charge >= 0.3 is 0 Å². The van der Waals surface area contributed by atoms with Crippen molar-refractivity contribution in [1.29, 1.82) is 0 Å². The zero-order valence-electron chi connectivity index (χ0n) is 12.3. The quantitative estimate of drug-likeness (QED) is 0.650. The van der Waals surface area contributed by atoms with E-state index >= 15 is 0 Å². The van der Waals surface area contributed by atoms with Crippen LogP contribution >= 0.6 is 11.8 Å². The lowest BCUT2D eigenvalue weighted by Crippen LogP contribution is -2.27. The molecule has 1 amide bonds. The third-order valence-electron chi connectivity index (χ3n) is 2.51. The number of aromatic nitrogens is 4. The molecule has 1 heterocycles. The van der Waals surface area contributed by atoms with E-state index in [-0.39, 0.29) is 11.9 Å². The van der Waals surface area contributed by atoms with Gasteiger partial charge in [-0.15, -0.1) is 16.9 Å². The molecule has 8 heteroatoms. The van der Waals surface area contributed by atoms with E-state index in [0.29, 0.717) is 31.3 Å². The summed E-state index contributed by atoms with van der Waals surface area (Å²) in [5.41, 5.74) is 0. The van der Waals surface area contributed by atoms with E-state index in [1.54, 1.807) is 4.68 Å². The molecule has 1 N–H and O–H groups in total. The van der Waals surface area contributed by atoms with Crippen LogP contribution in [0, 0.1) is 0 Å². The van der Waals surface area contributed by atoms with Crippen molar-refractivity contribution in [3.05, 3.63) is 5.82 Å². The Balaban J connectivity index is 2.14. The summed E-state index contributed by atoms with van der Waals surface area (Å²) in [6.07, 6.45) is 0.843. The number of carbonyl (C=O) groups is 1. The molecule has 0 aliphatic carbocycles. The van der Waals surface area contributed by atoms with Crippen LogP contribution in [-0.4, -0.2) is 51.6 Å². The predicted octanol–water partition coefficient (Wildman–Crippen LogP) is 1.03. The molecule has 20 heavy (non-hydrogen) atoms. The van der Waals surface area contributed by atoms with E-state index in [1.165, 1.54) is 11.8 Å². The summed E-state index contributed by atoms with van der Waals surface area (Å²) in [6.45, 7) is 8.07. The Morgan fingerprint density at radius 2 is 2.30 bits per heavy atom. The molecule has 0 aliphatic rings. The second-order valence-electron chi connectivity index (χ2n) is 4.53. The Morgan fingerprint density at radius 1 is 1.50 bits per heavy atom. The number of hydrogen-bond donors (Lipinski definition) is 1. The molecule has 1 aromatic rings. The number of nitrogens with zero attached hydrogens (tertiary/aromatic N) is 4. The van der Waals surface area contributed by atoms with Gasteiger partial charge in [-0.2, -0.15) is 0 Å². The van der Waals surface area contributed by atoms with Crippen molar-refractivity contribution in [3.63, 3.8) is 0 Å². The highest BCUT2D eigenvalue weighted by Gasteiger charge is 2.10. The number of nitrogens with one attached hydrogen (secondary N) is 1. The number of carbonyl (C=O) groups excluding carboxylic acids is 1. The van der Waals surface area contributed by atoms with Crippen LogP contribution in [0.15, 0.2) is 0 Å². The van der Waals surface area contributed by atoms with Crippen molar-refractivity contribution in [3.8, 4) is 0 Å². The number of thioether (sulfide) groups is 1. The van der Waals surface area contributed by atoms with Crippen LogP contribution in [0.2, 0.25) is 0 Å². The van der Waals surface area contributed by atoms with E-state index < -0.39 is 0 Å². The largest absolute Gasteiger partial charge is 0.382 e. The van der Waals surface area contributed by atoms with Crippen molar-refractivity contribution in [2.75, 3.05) is 25.5 Å². The summed E-state index contributed by atoms with van der Waals surface area (Å²) in [6, 6.07) is 0.230. The third-order valence-corrected chi connectivity index (χ3v) is 3.43. The molecule has 0 saturated carbocycles. The van der Waals surface area contributed by atoms with Crippen LogP contribution in [0.3, 0.4) is 0 Å². The van der Waals surface area contributed by atoms with Crippen LogP contribution in [0.25, 0.3) is 0 Å². The summed E-state index contributed by atoms with van der Waals surface area (Å²) in [7, 11) is 0. The molecule has 0 aromatic carbocycles. The summed E-state index contributed by atoms with van der Waals surface area (Å²) in [5, 5.41) is 14.4. The Labute approximate surface area is 123 Å². The first-order valence-corrected chi connectivity index (χ1v) is 7.99. The van der Waals surface area contributed by atoms with Crippen molar-refractivity contribution in [1.82, 2.24) is 25.5 Å². The molecule has 0 aliphatic heterocycles. The maximum absolute atomic E-state index is 11.6. The summed E-state index contributed by atoms with van der Waals surface area (Å²) in [4.78, 5) is 11.6. The monoisotopic (exact) mass is 301 g/mol. The van der Waals surface area contributed by atoms with Gasteiger partial charge in [0, 0.05) is 19.8 Å². The average Bonchev–Trinajstić information content (AvgIpc) is 2.87. The first kappa shape index (κ1) is 16.9. The highest BCUT2D eigenvalue weighted by atomic mass is 32.2. The maximum atomic E-state index is 11.6. The van der Waals surface area contributed by atoms with Crippen LogP contribution in [-0.2, 0) is 15.3 Å². The molecule has 0 unspecified atom stereocenters. The lowest BCUT2D eigenvalue weighted by Gasteiger charge is -2.07. The van der Waals surface area contributed by atoms with Crippen molar-refractivity contribution >= 4 is 17.7 Å². The number of rotatable bonds is 10. The van der Waals surface area contributed by atoms with Gasteiger partial charge in [-0.1, -0.05) is 0 Å². The molecule has 0 spiro atoms. The van der Waals surface area contributed by atoms with Gasteiger partial charge in [-0.25, -0.2) is 4.68 Å². The topological polar surface area (TPSA) is 81.9 Å². The van der Waals surface area contributed by atoms with Crippen molar-refractivity contribution < 1.29 is 9.53 Å². The molecule has 114 valence electrons. The van der Waals surface area contributed by atoms with E-state index in [1.807, 2.05) is 20.8 Å². The highest BCUT2D eigenvalue weighted by Crippen LogP contribution is 2.12. The van der Waals surface area contributed by atoms with Gasteiger partial charge in [0.1, 0.15) is 0 Å². The molecule has 1 aromatic heterocycles. The fourth-order valence-electron chi connectivity index (χ4n) is 1.54. The highest BCUT2D eigenvalue weighted by molar-refractivity contribution is 7.99. The van der Waals surface area contributed by atoms with Gasteiger partial charge in [0.05, 0.1) is 17.5 Å². The van der Waals surface area contributed by atoms with Gasteiger partial charge in [0.15, 0.2) is 5.82 Å². The summed E-state index contributed by atoms with van der Waals surface area (Å²) >= 11 is 1.51. The number of ether oxygens (including phenoxy) is 1. The molecular weight excluding hydrogens is 278 g/mol. The van der Waals surface area contributed by atoms with E-state index in [9.17, 15) is 4.79 Å². The second kappa shape index (κ2) is 9.71. The molecule has 0 bridgehead atoms. The molecule has 0 saturated heterocycles. The number of tetrazole rings is 1. The second-order valence-corrected chi connectivity index (χ2v) is 5.51. The zero-order chi connectivity index (χ0) is 14.8. The van der Waals surface area contributed by atoms with E-state index in [0.717, 1.165) is 12.2 Å². The molecule has 1 rings (SSSR count). The maximum Gasteiger partial charge on any atom is 0.230 e. The van der Waals surface area contributed by atoms with E-state index in [4.69, 9.17) is 4.74 Å². The Bertz CT molecular complexity index is 397. The predicted molar refractivity (Wildman–Crippen MR) is 78.5 cm³/mol. The lowest BCUT2D eigenvalue weighted by molar-refractivity contribution is -0.118. The van der Waals surface area contributed by atoms with Crippen LogP contribution in [0.5, 0.6) is 0 Å². The van der Waals surface area contributed by atoms with Crippen LogP contribution in [0.4, 0.5) is 0 Å². The first-order valence-electron chi connectivity index (χ1n) is 6.84. The van der Waals surface area contributed by atoms with Gasteiger partial charge in [0.25, 0.3) is 0 Å². The SMILES string of the molecule is CCOCCCNC(=O)CSCc1nnnn1C(C)C. The smallest absolute Gasteiger partial charge is 0.230 e. The average molecular weight is 301 g/mol. The Hall–Kier alpha value is -1.15. The van der Waals surface area contributed by atoms with Gasteiger partial charge < -0.3 is 10.1 Å². The van der Waals surface area contributed by atoms with Gasteiger partial charge in [-0.3, -0.25) is 4.79 Å². The van der Waals surface area contributed by atoms with Crippen LogP contribution < -0.4 is 5.32 Å². The standard InChI is InChI=1S/C12H23N5O2S/c1-4-19-7-5-6-13-12(18)9-20-8-11-14-15-16-17(11)10(2)3/h10H,4-9H2,1-3H3,(H,13,18). The zero-order valence-corrected chi connectivity index (χ0v) is 13.2. The minimum atomic E-state index is 0.0371. The Morgan fingerprint density at radius 3 is 3.00 bits per heavy atom. The number of amides is 1. The van der Waals surface area contributed by atoms with E-state index in [2.05, 4.69) is 20.8 Å². The minimum absolute atomic E-state index is 0.0371. The van der Waals surface area contributed by atoms with Crippen LogP contribution in [0.1, 0.15) is 39.1 Å². The van der Waals surface area contributed by atoms with Gasteiger partial charge in [-0.05, 0) is 37.6 Å². The molecule has 0 fully saturated rings. The lowest BCUT2D eigenvalue weighted by atomic mass is 10.4. The normalized spacial score (nSPS) is 11.0. The molecule has 0 atom stereocenters. The Kier molecular flexibility index (Phi) is 8.20. The minimum Gasteiger partial charge on any atom is -0.382 e. The fraction of sp³-hybridized carbons (Fsp3) is 0.833.